The number of nitrogens with one attached hydrogen (secondary N) is 4. The van der Waals surface area contributed by atoms with Crippen LogP contribution in [0.3, 0.4) is 0 Å². The van der Waals surface area contributed by atoms with Gasteiger partial charge < -0.3 is 29.7 Å². The molecule has 0 spiro atoms. The number of rotatable bonds is 10. The summed E-state index contributed by atoms with van der Waals surface area (Å²) in [7, 11) is -3.25. The summed E-state index contributed by atoms with van der Waals surface area (Å²) in [5, 5.41) is 23.1. The van der Waals surface area contributed by atoms with Crippen LogP contribution in [0, 0.1) is 26.9 Å². The average Bonchev–Trinajstić information content (AvgIpc) is 3.52. The highest BCUT2D eigenvalue weighted by Crippen LogP contribution is 2.42. The molecule has 15 nitrogen and oxygen atoms in total. The topological polar surface area (TPSA) is 221 Å². The van der Waals surface area contributed by atoms with Crippen molar-refractivity contribution in [2.24, 2.45) is 11.3 Å². The highest BCUT2D eigenvalue weighted by atomic mass is 32.2. The minimum absolute atomic E-state index is 0.00929. The molecule has 0 unspecified atom stereocenters. The number of aromatic amines is 2. The van der Waals surface area contributed by atoms with E-state index in [9.17, 15) is 32.7 Å². The highest BCUT2D eigenvalue weighted by molar-refractivity contribution is 7.86. The highest BCUT2D eigenvalue weighted by Gasteiger charge is 2.38. The molecule has 56 heavy (non-hydrogen) atoms. The predicted molar refractivity (Wildman–Crippen MR) is 216 cm³/mol. The Morgan fingerprint density at radius 1 is 1.02 bits per heavy atom. The minimum atomic E-state index is -4.71. The van der Waals surface area contributed by atoms with Gasteiger partial charge in [-0.1, -0.05) is 53.7 Å². The number of benzene rings is 3. The van der Waals surface area contributed by atoms with E-state index >= 15 is 0 Å². The number of nitro benzene ring substituents is 1. The Kier molecular flexibility index (Phi) is 12.2. The smallest absolute Gasteiger partial charge is 0.296 e. The van der Waals surface area contributed by atoms with E-state index in [1.54, 1.807) is 35.2 Å². The summed E-state index contributed by atoms with van der Waals surface area (Å²) in [4.78, 5) is 43.9. The number of carbonyl (C=O) groups excluding carboxylic acids is 2. The van der Waals surface area contributed by atoms with E-state index in [-0.39, 0.29) is 41.2 Å². The molecule has 2 aliphatic rings. The summed E-state index contributed by atoms with van der Waals surface area (Å²) >= 11 is 0. The lowest BCUT2D eigenvalue weighted by Gasteiger charge is -2.18. The predicted octanol–water partition coefficient (Wildman–Crippen LogP) is 8.03. The van der Waals surface area contributed by atoms with Crippen molar-refractivity contribution in [2.75, 3.05) is 30.5 Å². The van der Waals surface area contributed by atoms with E-state index in [0.29, 0.717) is 69.5 Å². The van der Waals surface area contributed by atoms with Gasteiger partial charge in [-0.2, -0.15) is 8.42 Å². The summed E-state index contributed by atoms with van der Waals surface area (Å²) in [6.45, 7) is 13.3. The lowest BCUT2D eigenvalue weighted by Crippen LogP contribution is -2.30. The van der Waals surface area contributed by atoms with E-state index in [1.807, 2.05) is 13.8 Å². The number of ether oxygens (including phenoxy) is 2. The molecule has 1 saturated carbocycles. The number of amides is 2. The number of H-pyrrole nitrogens is 2. The Labute approximate surface area is 325 Å². The second-order valence-corrected chi connectivity index (χ2v) is 16.4. The van der Waals surface area contributed by atoms with Crippen molar-refractivity contribution >= 4 is 66.7 Å². The molecule has 1 fully saturated rings. The lowest BCUT2D eigenvalue weighted by molar-refractivity contribution is -0.384. The second kappa shape index (κ2) is 16.5. The zero-order chi connectivity index (χ0) is 41.1. The van der Waals surface area contributed by atoms with Gasteiger partial charge in [-0.15, -0.1) is 0 Å². The fraction of sp³-hybridized carbons (Fsp3) is 0.375. The zero-order valence-electron chi connectivity index (χ0n) is 32.5. The Hall–Kier alpha value is -5.74. The molecule has 3 heterocycles. The number of nitro groups is 1. The van der Waals surface area contributed by atoms with Crippen molar-refractivity contribution in [3.05, 3.63) is 87.2 Å². The van der Waals surface area contributed by atoms with Gasteiger partial charge in [0.2, 0.25) is 11.8 Å². The fourth-order valence-electron chi connectivity index (χ4n) is 6.16. The average molecular weight is 789 g/mol. The third-order valence-corrected chi connectivity index (χ3v) is 9.63. The Morgan fingerprint density at radius 3 is 2.25 bits per heavy atom. The first kappa shape index (κ1) is 41.4. The van der Waals surface area contributed by atoms with Crippen molar-refractivity contribution in [1.82, 2.24) is 9.97 Å². The first-order chi connectivity index (χ1) is 26.4. The quantitative estimate of drug-likeness (QED) is 0.0303. The van der Waals surface area contributed by atoms with Crippen molar-refractivity contribution in [1.29, 1.82) is 5.41 Å². The van der Waals surface area contributed by atoms with Gasteiger partial charge in [-0.3, -0.25) is 29.7 Å². The Balaban J connectivity index is 0.000000795. The Bertz CT molecular complexity index is 2400. The zero-order valence-corrected chi connectivity index (χ0v) is 33.3. The number of carbonyl (C=O) groups is 2. The third kappa shape index (κ3) is 9.55. The van der Waals surface area contributed by atoms with E-state index in [1.165, 1.54) is 31.4 Å². The summed E-state index contributed by atoms with van der Waals surface area (Å²) in [6, 6.07) is 13.8. The third-order valence-electron chi connectivity index (χ3n) is 8.76. The standard InChI is InChI=1S/C33H30N6O9S.C5H12.C2H6/c1-47-27-14-20(12-19-13-24(36-29(19)27)31(34)48-11-9-17-2-6-21(7-3-17)39(42)43)35-32(40)25-15-23-22-8-10-38(33(41)18-4-5-18)26(22)16-28(30(23)37-25)49(44,45)46;1-5(2,3)4;1-2/h2-3,6-7,12-16,18,34,36-37H,4-5,8-11H2,1H3,(H,35,40)(H,44,45,46);1-4H3;1-2H3. The first-order valence-corrected chi connectivity index (χ1v) is 19.8. The van der Waals surface area contributed by atoms with Crippen LogP contribution in [-0.4, -0.2) is 65.8 Å². The molecule has 0 radical (unpaired) electrons. The molecule has 5 N–H and O–H groups in total. The maximum atomic E-state index is 13.5. The van der Waals surface area contributed by atoms with Crippen LogP contribution in [0.15, 0.2) is 59.5 Å². The van der Waals surface area contributed by atoms with Crippen LogP contribution in [-0.2, 0) is 32.5 Å². The molecular weight excluding hydrogens is 741 g/mol. The monoisotopic (exact) mass is 788 g/mol. The number of fused-ring (bicyclic) bond motifs is 4. The van der Waals surface area contributed by atoms with Crippen LogP contribution in [0.2, 0.25) is 0 Å². The molecule has 16 heteroatoms. The molecule has 3 aromatic carbocycles. The molecule has 0 bridgehead atoms. The van der Waals surface area contributed by atoms with Crippen LogP contribution >= 0.6 is 0 Å². The van der Waals surface area contributed by atoms with Gasteiger partial charge in [0, 0.05) is 59.2 Å². The first-order valence-electron chi connectivity index (χ1n) is 18.4. The summed E-state index contributed by atoms with van der Waals surface area (Å²) in [6.07, 6.45) is 2.47. The van der Waals surface area contributed by atoms with E-state index in [2.05, 4.69) is 43.0 Å². The molecule has 0 saturated heterocycles. The van der Waals surface area contributed by atoms with Crippen molar-refractivity contribution < 1.29 is 37.0 Å². The molecule has 298 valence electrons. The molecule has 2 aromatic heterocycles. The fourth-order valence-corrected chi connectivity index (χ4v) is 6.84. The number of hydrogen-bond donors (Lipinski definition) is 5. The van der Waals surface area contributed by atoms with Gasteiger partial charge >= 0.3 is 0 Å². The minimum Gasteiger partial charge on any atom is -0.494 e. The molecule has 5 aromatic rings. The van der Waals surface area contributed by atoms with E-state index < -0.39 is 25.8 Å². The normalized spacial score (nSPS) is 13.6. The number of anilines is 2. The van der Waals surface area contributed by atoms with Crippen LogP contribution in [0.5, 0.6) is 5.75 Å². The maximum Gasteiger partial charge on any atom is 0.296 e. The number of non-ortho nitro benzene ring substituents is 1. The van der Waals surface area contributed by atoms with Gasteiger partial charge in [0.25, 0.3) is 21.7 Å². The van der Waals surface area contributed by atoms with Gasteiger partial charge in [0.1, 0.15) is 22.0 Å². The van der Waals surface area contributed by atoms with Gasteiger partial charge in [-0.05, 0) is 60.1 Å². The van der Waals surface area contributed by atoms with Crippen LogP contribution in [0.1, 0.15) is 81.7 Å². The number of methoxy groups -OCH3 is 1. The van der Waals surface area contributed by atoms with Gasteiger partial charge in [-0.25, -0.2) is 0 Å². The molecular formula is C40H48N6O9S. The number of nitrogens with zero attached hydrogens (tertiary/aromatic N) is 2. The molecule has 1 aliphatic carbocycles. The van der Waals surface area contributed by atoms with Crippen LogP contribution in [0.25, 0.3) is 21.8 Å². The number of aromatic nitrogens is 2. The van der Waals surface area contributed by atoms with E-state index in [0.717, 1.165) is 18.4 Å². The number of hydrogen-bond acceptors (Lipinski definition) is 9. The van der Waals surface area contributed by atoms with Crippen molar-refractivity contribution in [2.45, 2.75) is 72.1 Å². The maximum absolute atomic E-state index is 13.5. The molecule has 2 amide bonds. The SMILES string of the molecule is CC.CC(C)(C)C.COc1cc(NC(=O)c2cc3c4c(cc(S(=O)(=O)O)c3[nH]2)N(C(=O)C2CC2)CC4)cc2cc(C(=N)OCCc3ccc([N+](=O)[O-])cc3)[nH]c12. The van der Waals surface area contributed by atoms with Gasteiger partial charge in [0.15, 0.2) is 0 Å². The van der Waals surface area contributed by atoms with Gasteiger partial charge in [0.05, 0.1) is 29.7 Å². The summed E-state index contributed by atoms with van der Waals surface area (Å²) < 4.78 is 46.0. The largest absolute Gasteiger partial charge is 0.494 e. The second-order valence-electron chi connectivity index (χ2n) is 15.0. The summed E-state index contributed by atoms with van der Waals surface area (Å²) in [5.74, 6) is -0.505. The van der Waals surface area contributed by atoms with E-state index in [4.69, 9.17) is 14.9 Å². The van der Waals surface area contributed by atoms with Crippen molar-refractivity contribution in [3.8, 4) is 5.75 Å². The molecule has 0 atom stereocenters. The lowest BCUT2D eigenvalue weighted by atomic mass is 10.0. The molecule has 1 aliphatic heterocycles. The Morgan fingerprint density at radius 2 is 1.66 bits per heavy atom. The molecule has 7 rings (SSSR count). The van der Waals surface area contributed by atoms with Crippen LogP contribution < -0.4 is 15.0 Å². The summed E-state index contributed by atoms with van der Waals surface area (Å²) in [5.41, 5.74) is 3.82. The van der Waals surface area contributed by atoms with Crippen molar-refractivity contribution in [3.63, 3.8) is 0 Å². The van der Waals surface area contributed by atoms with Crippen LogP contribution in [0.4, 0.5) is 17.1 Å².